The van der Waals surface area contributed by atoms with Gasteiger partial charge in [-0.3, -0.25) is 0 Å². The topological polar surface area (TPSA) is 94.7 Å². The third-order valence-corrected chi connectivity index (χ3v) is 0.841. The number of carboxylic acids is 1. The standard InChI is InChI=1S/C3H7NO2S.Mo.O.S/c4-2(1-7)3(5)6;;;/h2,7H,1,4H2,(H,5,6);;;/q;;2*-2/p-2/t2-;;;/m0.../s1. The van der Waals surface area contributed by atoms with Crippen molar-refractivity contribution < 1.29 is 36.4 Å². The normalized spacial score (nSPS) is 9.40. The number of nitrogens with two attached hydrogens (primary N) is 1. The van der Waals surface area contributed by atoms with E-state index < -0.39 is 12.0 Å². The number of rotatable bonds is 2. The third-order valence-electron chi connectivity index (χ3n) is 0.482. The summed E-state index contributed by atoms with van der Waals surface area (Å²) in [5.41, 5.74) is 4.85. The first-order chi connectivity index (χ1) is 3.18. The van der Waals surface area contributed by atoms with Crippen molar-refractivity contribution in [2.45, 2.75) is 6.04 Å². The van der Waals surface area contributed by atoms with Gasteiger partial charge < -0.3 is 47.2 Å². The Bertz CT molecular complexity index is 84.1. The Kier molecular flexibility index (Phi) is 27.9. The van der Waals surface area contributed by atoms with Crippen LogP contribution in [0.4, 0.5) is 0 Å². The van der Waals surface area contributed by atoms with Crippen molar-refractivity contribution in [1.29, 1.82) is 0 Å². The van der Waals surface area contributed by atoms with Crippen molar-refractivity contribution >= 4 is 32.1 Å². The molecule has 0 rings (SSSR count). The van der Waals surface area contributed by atoms with Crippen LogP contribution in [0.3, 0.4) is 0 Å². The number of hydrogen-bond donors (Lipinski definition) is 1. The minimum atomic E-state index is -1.28. The molecule has 0 saturated carbocycles. The summed E-state index contributed by atoms with van der Waals surface area (Å²) in [5.74, 6) is -1.27. The molecule has 0 unspecified atom stereocenters. The Morgan fingerprint density at radius 1 is 1.70 bits per heavy atom. The van der Waals surface area contributed by atoms with Gasteiger partial charge in [-0.25, -0.2) is 0 Å². The molecular formula is C3H5MoNO3S2-6. The molecule has 64 valence electrons. The fourth-order valence-corrected chi connectivity index (χ4v) is 0.204. The quantitative estimate of drug-likeness (QED) is 0.439. The number of aliphatic carboxylic acids is 1. The maximum atomic E-state index is 9.63. The van der Waals surface area contributed by atoms with Crippen molar-refractivity contribution in [3.63, 3.8) is 0 Å². The van der Waals surface area contributed by atoms with Crippen molar-refractivity contribution in [2.75, 3.05) is 5.75 Å². The van der Waals surface area contributed by atoms with Crippen molar-refractivity contribution in [2.24, 2.45) is 5.73 Å². The fraction of sp³-hybridized carbons (Fsp3) is 0.667. The maximum Gasteiger partial charge on any atom is 0.0562 e. The predicted molar refractivity (Wildman–Crippen MR) is 33.3 cm³/mol. The molecule has 0 aromatic heterocycles. The van der Waals surface area contributed by atoms with E-state index in [1.165, 1.54) is 0 Å². The Balaban J connectivity index is -0.0000000600. The second kappa shape index (κ2) is 12.5. The first-order valence-electron chi connectivity index (χ1n) is 1.73. The molecule has 0 saturated heterocycles. The van der Waals surface area contributed by atoms with Crippen LogP contribution in [0.15, 0.2) is 0 Å². The Labute approximate surface area is 86.0 Å². The predicted octanol–water partition coefficient (Wildman–Crippen LogP) is -2.51. The van der Waals surface area contributed by atoms with E-state index in [1.54, 1.807) is 0 Å². The van der Waals surface area contributed by atoms with Crippen LogP contribution in [0.2, 0.25) is 0 Å². The maximum absolute atomic E-state index is 9.63. The number of hydrogen-bond acceptors (Lipinski definition) is 4. The largest absolute Gasteiger partial charge is 2.00 e. The summed E-state index contributed by atoms with van der Waals surface area (Å²) in [6, 6.07) is -0.977. The second-order valence-corrected chi connectivity index (χ2v) is 1.43. The second-order valence-electron chi connectivity index (χ2n) is 1.09. The van der Waals surface area contributed by atoms with Gasteiger partial charge in [0.1, 0.15) is 0 Å². The number of carbonyl (C=O) groups is 1. The van der Waals surface area contributed by atoms with E-state index in [9.17, 15) is 9.90 Å². The van der Waals surface area contributed by atoms with Crippen LogP contribution in [0, 0.1) is 0 Å². The summed E-state index contributed by atoms with van der Waals surface area (Å²) in [5, 5.41) is 9.63. The minimum Gasteiger partial charge on any atom is -2.00 e. The van der Waals surface area contributed by atoms with Gasteiger partial charge >= 0.3 is 0 Å². The molecule has 0 radical (unpaired) electrons. The molecule has 0 spiro atoms. The van der Waals surface area contributed by atoms with Gasteiger partial charge in [-0.15, -0.1) is 0 Å². The summed E-state index contributed by atoms with van der Waals surface area (Å²) >= 11 is 4.31. The van der Waals surface area contributed by atoms with Crippen LogP contribution < -0.4 is 10.8 Å². The zero-order valence-corrected chi connectivity index (χ0v) is 8.45. The Morgan fingerprint density at radius 2 is 2.00 bits per heavy atom. The smallest absolute Gasteiger partial charge is 0.0562 e. The first-order valence-corrected chi connectivity index (χ1v) is 2.30. The summed E-state index contributed by atoms with van der Waals surface area (Å²) in [6.07, 6.45) is 0. The van der Waals surface area contributed by atoms with E-state index >= 15 is 0 Å². The van der Waals surface area contributed by atoms with E-state index in [2.05, 4.69) is 12.6 Å². The van der Waals surface area contributed by atoms with Gasteiger partial charge in [0.05, 0.1) is 5.97 Å². The number of carboxylic acid groups (broad SMARTS) is 1. The molecule has 0 heterocycles. The summed E-state index contributed by atoms with van der Waals surface area (Å²) in [4.78, 5) is 9.63. The van der Waals surface area contributed by atoms with E-state index in [1.807, 2.05) is 0 Å². The van der Waals surface area contributed by atoms with Crippen LogP contribution in [0.25, 0.3) is 0 Å². The van der Waals surface area contributed by atoms with E-state index in [-0.39, 0.29) is 45.8 Å². The van der Waals surface area contributed by atoms with Gasteiger partial charge in [-0.1, -0.05) is 0 Å². The molecule has 4 nitrogen and oxygen atoms in total. The van der Waals surface area contributed by atoms with Crippen molar-refractivity contribution in [3.8, 4) is 0 Å². The molecule has 0 aliphatic carbocycles. The average molecular weight is 263 g/mol. The summed E-state index contributed by atoms with van der Waals surface area (Å²) < 4.78 is 0. The van der Waals surface area contributed by atoms with Crippen molar-refractivity contribution in [3.05, 3.63) is 0 Å². The molecule has 0 aliphatic rings. The Hall–Kier alpha value is 0.778. The van der Waals surface area contributed by atoms with Gasteiger partial charge in [-0.2, -0.15) is 5.75 Å². The molecular weight excluding hydrogens is 258 g/mol. The molecule has 0 aromatic carbocycles. The SMILES string of the molecule is N[C@@H](C[S-])C(=O)[O-].[Mo].[O-2].[S-2]. The van der Waals surface area contributed by atoms with Crippen LogP contribution in [-0.4, -0.2) is 17.8 Å². The van der Waals surface area contributed by atoms with Gasteiger partial charge in [0.15, 0.2) is 0 Å². The third kappa shape index (κ3) is 11.6. The first kappa shape index (κ1) is 22.4. The molecule has 2 N–H and O–H groups in total. The molecule has 0 bridgehead atoms. The minimum absolute atomic E-state index is 0. The molecule has 0 aromatic rings. The molecule has 7 heteroatoms. The molecule has 0 amide bonds. The van der Waals surface area contributed by atoms with Gasteiger partial charge in [-0.05, 0) is 0 Å². The van der Waals surface area contributed by atoms with E-state index in [4.69, 9.17) is 5.73 Å². The van der Waals surface area contributed by atoms with Gasteiger partial charge in [0.25, 0.3) is 0 Å². The van der Waals surface area contributed by atoms with Gasteiger partial charge in [0, 0.05) is 27.1 Å². The molecule has 0 aliphatic heterocycles. The fourth-order valence-electron chi connectivity index (χ4n) is 0.0680. The number of carbonyl (C=O) groups excluding carboxylic acids is 1. The Morgan fingerprint density at radius 3 is 2.00 bits per heavy atom. The van der Waals surface area contributed by atoms with Gasteiger partial charge in [0.2, 0.25) is 0 Å². The van der Waals surface area contributed by atoms with E-state index in [0.29, 0.717) is 0 Å². The van der Waals surface area contributed by atoms with Crippen LogP contribution in [0.1, 0.15) is 0 Å². The van der Waals surface area contributed by atoms with Crippen LogP contribution in [0.5, 0.6) is 0 Å². The van der Waals surface area contributed by atoms with E-state index in [0.717, 1.165) is 0 Å². The molecule has 1 atom stereocenters. The summed E-state index contributed by atoms with van der Waals surface area (Å²) in [7, 11) is 0. The van der Waals surface area contributed by atoms with Crippen molar-refractivity contribution in [1.82, 2.24) is 0 Å². The molecule has 10 heavy (non-hydrogen) atoms. The van der Waals surface area contributed by atoms with Crippen LogP contribution >= 0.6 is 0 Å². The monoisotopic (exact) mass is 265 g/mol. The average Bonchev–Trinajstić information content (AvgIpc) is 1.65. The summed E-state index contributed by atoms with van der Waals surface area (Å²) in [6.45, 7) is 0. The zero-order chi connectivity index (χ0) is 5.86. The zero-order valence-electron chi connectivity index (χ0n) is 4.81. The molecule has 0 fully saturated rings. The van der Waals surface area contributed by atoms with Crippen LogP contribution in [-0.2, 0) is 57.5 Å².